The Labute approximate surface area is 113 Å². The summed E-state index contributed by atoms with van der Waals surface area (Å²) in [7, 11) is 2.19. The van der Waals surface area contributed by atoms with Crippen molar-refractivity contribution in [2.24, 2.45) is 23.7 Å². The molecule has 3 aliphatic rings. The second kappa shape index (κ2) is 5.94. The first-order valence-electron chi connectivity index (χ1n) is 8.52. The van der Waals surface area contributed by atoms with Crippen LogP contribution in [0.5, 0.6) is 0 Å². The molecule has 0 radical (unpaired) electrons. The lowest BCUT2D eigenvalue weighted by Crippen LogP contribution is -2.30. The van der Waals surface area contributed by atoms with E-state index in [1.54, 1.807) is 25.7 Å². The summed E-state index contributed by atoms with van der Waals surface area (Å²) in [6.07, 6.45) is 16.7. The van der Waals surface area contributed by atoms with Gasteiger partial charge in [-0.25, -0.2) is 0 Å². The van der Waals surface area contributed by atoms with E-state index in [1.165, 1.54) is 44.9 Å². The van der Waals surface area contributed by atoms with E-state index < -0.39 is 0 Å². The molecule has 3 fully saturated rings. The zero-order valence-corrected chi connectivity index (χ0v) is 12.2. The Balaban J connectivity index is 1.41. The molecule has 3 rings (SSSR count). The molecular formula is C17H31N. The van der Waals surface area contributed by atoms with Crippen LogP contribution in [0, 0.1) is 23.7 Å². The highest BCUT2D eigenvalue weighted by molar-refractivity contribution is 4.91. The highest BCUT2D eigenvalue weighted by Gasteiger charge is 2.39. The molecule has 104 valence electrons. The van der Waals surface area contributed by atoms with Crippen LogP contribution in [0.3, 0.4) is 0 Å². The average Bonchev–Trinajstić information content (AvgIpc) is 3.10. The monoisotopic (exact) mass is 249 g/mol. The minimum Gasteiger partial charge on any atom is -0.317 e. The van der Waals surface area contributed by atoms with Gasteiger partial charge < -0.3 is 5.32 Å². The zero-order chi connectivity index (χ0) is 12.4. The summed E-state index contributed by atoms with van der Waals surface area (Å²) in [5.41, 5.74) is 0. The van der Waals surface area contributed by atoms with Crippen molar-refractivity contribution in [3.05, 3.63) is 0 Å². The van der Waals surface area contributed by atoms with Gasteiger partial charge in [-0.2, -0.15) is 0 Å². The first kappa shape index (κ1) is 13.0. The third-order valence-corrected chi connectivity index (χ3v) is 6.28. The molecule has 0 saturated heterocycles. The van der Waals surface area contributed by atoms with E-state index in [1.807, 2.05) is 0 Å². The summed E-state index contributed by atoms with van der Waals surface area (Å²) in [6, 6.07) is 0.815. The molecule has 0 aliphatic heterocycles. The van der Waals surface area contributed by atoms with E-state index in [4.69, 9.17) is 0 Å². The third kappa shape index (κ3) is 2.92. The molecule has 3 aliphatic carbocycles. The van der Waals surface area contributed by atoms with Crippen molar-refractivity contribution in [3.63, 3.8) is 0 Å². The van der Waals surface area contributed by atoms with Gasteiger partial charge in [0, 0.05) is 6.04 Å². The number of rotatable bonds is 6. The van der Waals surface area contributed by atoms with Gasteiger partial charge in [0.05, 0.1) is 0 Å². The molecule has 18 heavy (non-hydrogen) atoms. The van der Waals surface area contributed by atoms with Crippen LogP contribution in [0.15, 0.2) is 0 Å². The Kier molecular flexibility index (Phi) is 4.28. The van der Waals surface area contributed by atoms with Crippen LogP contribution in [0.4, 0.5) is 0 Å². The van der Waals surface area contributed by atoms with Crippen molar-refractivity contribution in [2.45, 2.75) is 76.7 Å². The lowest BCUT2D eigenvalue weighted by Gasteiger charge is -2.27. The maximum absolute atomic E-state index is 3.61. The van der Waals surface area contributed by atoms with Crippen LogP contribution < -0.4 is 5.32 Å². The molecule has 0 aromatic rings. The summed E-state index contributed by atoms with van der Waals surface area (Å²) in [6.45, 7) is 0. The second-order valence-corrected chi connectivity index (χ2v) is 7.38. The Bertz CT molecular complexity index is 256. The van der Waals surface area contributed by atoms with Gasteiger partial charge in [0.25, 0.3) is 0 Å². The Morgan fingerprint density at radius 2 is 1.89 bits per heavy atom. The largest absolute Gasteiger partial charge is 0.317 e. The quantitative estimate of drug-likeness (QED) is 0.737. The van der Waals surface area contributed by atoms with Crippen LogP contribution in [0.2, 0.25) is 0 Å². The smallest absolute Gasteiger partial charge is 0.00669 e. The van der Waals surface area contributed by atoms with Crippen molar-refractivity contribution in [3.8, 4) is 0 Å². The van der Waals surface area contributed by atoms with Crippen molar-refractivity contribution >= 4 is 0 Å². The van der Waals surface area contributed by atoms with Crippen LogP contribution in [-0.4, -0.2) is 13.1 Å². The fourth-order valence-electron chi connectivity index (χ4n) is 5.15. The fraction of sp³-hybridized carbons (Fsp3) is 1.00. The second-order valence-electron chi connectivity index (χ2n) is 7.38. The third-order valence-electron chi connectivity index (χ3n) is 6.28. The average molecular weight is 249 g/mol. The maximum atomic E-state index is 3.61. The molecular weight excluding hydrogens is 218 g/mol. The minimum atomic E-state index is 0.815. The first-order chi connectivity index (χ1) is 8.85. The number of hydrogen-bond donors (Lipinski definition) is 1. The lowest BCUT2D eigenvalue weighted by molar-refractivity contribution is 0.269. The number of hydrogen-bond acceptors (Lipinski definition) is 1. The Morgan fingerprint density at radius 1 is 1.06 bits per heavy atom. The normalized spacial score (nSPS) is 37.5. The topological polar surface area (TPSA) is 12.0 Å². The van der Waals surface area contributed by atoms with E-state index >= 15 is 0 Å². The molecule has 1 N–H and O–H groups in total. The van der Waals surface area contributed by atoms with Gasteiger partial charge in [-0.15, -0.1) is 0 Å². The SMILES string of the molecule is CNC(CCC1CCCC1)CC1CC2CCC1C2. The van der Waals surface area contributed by atoms with E-state index in [9.17, 15) is 0 Å². The molecule has 4 atom stereocenters. The predicted octanol–water partition coefficient (Wildman–Crippen LogP) is 4.37. The van der Waals surface area contributed by atoms with E-state index in [0.717, 1.165) is 29.7 Å². The summed E-state index contributed by atoms with van der Waals surface area (Å²) in [4.78, 5) is 0. The highest BCUT2D eigenvalue weighted by Crippen LogP contribution is 2.50. The fourth-order valence-corrected chi connectivity index (χ4v) is 5.15. The van der Waals surface area contributed by atoms with Gasteiger partial charge in [-0.05, 0) is 69.2 Å². The number of fused-ring (bicyclic) bond motifs is 2. The maximum Gasteiger partial charge on any atom is 0.00669 e. The summed E-state index contributed by atoms with van der Waals surface area (Å²) >= 11 is 0. The standard InChI is InChI=1S/C17H31N/c1-18-17(9-7-13-4-2-3-5-13)12-16-11-14-6-8-15(16)10-14/h13-18H,2-12H2,1H3. The molecule has 0 spiro atoms. The van der Waals surface area contributed by atoms with Crippen molar-refractivity contribution < 1.29 is 0 Å². The van der Waals surface area contributed by atoms with Gasteiger partial charge in [0.15, 0.2) is 0 Å². The van der Waals surface area contributed by atoms with E-state index in [-0.39, 0.29) is 0 Å². The van der Waals surface area contributed by atoms with Crippen LogP contribution in [0.25, 0.3) is 0 Å². The molecule has 0 aromatic heterocycles. The predicted molar refractivity (Wildman–Crippen MR) is 77.6 cm³/mol. The highest BCUT2D eigenvalue weighted by atomic mass is 14.9. The van der Waals surface area contributed by atoms with Crippen molar-refractivity contribution in [1.82, 2.24) is 5.32 Å². The number of nitrogens with one attached hydrogen (secondary N) is 1. The zero-order valence-electron chi connectivity index (χ0n) is 12.2. The molecule has 1 nitrogen and oxygen atoms in total. The van der Waals surface area contributed by atoms with Gasteiger partial charge in [-0.3, -0.25) is 0 Å². The van der Waals surface area contributed by atoms with Crippen molar-refractivity contribution in [2.75, 3.05) is 7.05 Å². The van der Waals surface area contributed by atoms with Crippen LogP contribution >= 0.6 is 0 Å². The summed E-state index contributed by atoms with van der Waals surface area (Å²) in [5.74, 6) is 4.37. The summed E-state index contributed by atoms with van der Waals surface area (Å²) in [5, 5.41) is 3.61. The van der Waals surface area contributed by atoms with Crippen LogP contribution in [-0.2, 0) is 0 Å². The van der Waals surface area contributed by atoms with Gasteiger partial charge in [-0.1, -0.05) is 32.1 Å². The van der Waals surface area contributed by atoms with E-state index in [2.05, 4.69) is 12.4 Å². The molecule has 0 heterocycles. The summed E-state index contributed by atoms with van der Waals surface area (Å²) < 4.78 is 0. The van der Waals surface area contributed by atoms with Crippen LogP contribution in [0.1, 0.15) is 70.6 Å². The molecule has 4 unspecified atom stereocenters. The molecule has 0 aromatic carbocycles. The Hall–Kier alpha value is -0.0400. The first-order valence-corrected chi connectivity index (χ1v) is 8.52. The van der Waals surface area contributed by atoms with Gasteiger partial charge >= 0.3 is 0 Å². The molecule has 0 amide bonds. The molecule has 2 bridgehead atoms. The lowest BCUT2D eigenvalue weighted by atomic mass is 9.83. The van der Waals surface area contributed by atoms with E-state index in [0.29, 0.717) is 0 Å². The Morgan fingerprint density at radius 3 is 2.50 bits per heavy atom. The molecule has 3 saturated carbocycles. The van der Waals surface area contributed by atoms with Gasteiger partial charge in [0.2, 0.25) is 0 Å². The van der Waals surface area contributed by atoms with Crippen molar-refractivity contribution in [1.29, 1.82) is 0 Å². The minimum absolute atomic E-state index is 0.815. The van der Waals surface area contributed by atoms with Gasteiger partial charge in [0.1, 0.15) is 0 Å². The molecule has 1 heteroatoms.